The Morgan fingerprint density at radius 3 is 2.75 bits per heavy atom. The summed E-state index contributed by atoms with van der Waals surface area (Å²) in [5, 5.41) is 3.33. The van der Waals surface area contributed by atoms with Crippen molar-refractivity contribution in [2.24, 2.45) is 0 Å². The molecule has 0 unspecified atom stereocenters. The summed E-state index contributed by atoms with van der Waals surface area (Å²) >= 11 is 1.51. The van der Waals surface area contributed by atoms with Crippen LogP contribution in [0, 0.1) is 13.8 Å². The average Bonchev–Trinajstić information content (AvgIpc) is 2.86. The van der Waals surface area contributed by atoms with Crippen molar-refractivity contribution < 1.29 is 9.15 Å². The van der Waals surface area contributed by atoms with Crippen LogP contribution in [-0.2, 0) is 0 Å². The zero-order valence-electron chi connectivity index (χ0n) is 11.4. The SMILES string of the molecule is COc1ccc2c(=O)c(-c3csc(C)n3)coc2c1C. The molecule has 0 N–H and O–H groups in total. The minimum absolute atomic E-state index is 0.0673. The highest BCUT2D eigenvalue weighted by atomic mass is 32.1. The molecule has 1 aromatic carbocycles. The minimum Gasteiger partial charge on any atom is -0.496 e. The standard InChI is InChI=1S/C15H13NO3S/c1-8-13(18-3)5-4-10-14(17)11(6-19-15(8)10)12-7-20-9(2)16-12/h4-7H,1-3H3. The smallest absolute Gasteiger partial charge is 0.202 e. The summed E-state index contributed by atoms with van der Waals surface area (Å²) in [7, 11) is 1.60. The Hall–Kier alpha value is -2.14. The van der Waals surface area contributed by atoms with Gasteiger partial charge in [0.2, 0.25) is 5.43 Å². The lowest BCUT2D eigenvalue weighted by atomic mass is 10.1. The minimum atomic E-state index is -0.0673. The van der Waals surface area contributed by atoms with Crippen molar-refractivity contribution in [2.75, 3.05) is 7.11 Å². The molecule has 0 fully saturated rings. The first-order chi connectivity index (χ1) is 9.61. The molecule has 3 rings (SSSR count). The fourth-order valence-electron chi connectivity index (χ4n) is 2.21. The molecule has 0 spiro atoms. The van der Waals surface area contributed by atoms with Gasteiger partial charge in [-0.05, 0) is 26.0 Å². The first-order valence-electron chi connectivity index (χ1n) is 6.13. The van der Waals surface area contributed by atoms with E-state index in [0.29, 0.717) is 28.0 Å². The maximum Gasteiger partial charge on any atom is 0.202 e. The van der Waals surface area contributed by atoms with E-state index in [4.69, 9.17) is 9.15 Å². The molecule has 0 aliphatic rings. The van der Waals surface area contributed by atoms with Gasteiger partial charge in [0.1, 0.15) is 17.6 Å². The topological polar surface area (TPSA) is 52.3 Å². The third-order valence-corrected chi connectivity index (χ3v) is 4.03. The van der Waals surface area contributed by atoms with Crippen molar-refractivity contribution >= 4 is 22.3 Å². The molecule has 102 valence electrons. The van der Waals surface area contributed by atoms with Gasteiger partial charge in [-0.1, -0.05) is 0 Å². The van der Waals surface area contributed by atoms with Crippen LogP contribution in [0.1, 0.15) is 10.6 Å². The number of ether oxygens (including phenoxy) is 1. The Labute approximate surface area is 119 Å². The lowest BCUT2D eigenvalue weighted by Gasteiger charge is -2.07. The third-order valence-electron chi connectivity index (χ3n) is 3.25. The van der Waals surface area contributed by atoms with E-state index in [1.165, 1.54) is 17.6 Å². The van der Waals surface area contributed by atoms with Crippen molar-refractivity contribution in [3.05, 3.63) is 44.6 Å². The highest BCUT2D eigenvalue weighted by Crippen LogP contribution is 2.27. The van der Waals surface area contributed by atoms with E-state index in [1.807, 2.05) is 19.2 Å². The summed E-state index contributed by atoms with van der Waals surface area (Å²) in [5.41, 5.74) is 2.47. The van der Waals surface area contributed by atoms with Crippen LogP contribution in [0.25, 0.3) is 22.2 Å². The number of thiazole rings is 1. The second kappa shape index (κ2) is 4.76. The first-order valence-corrected chi connectivity index (χ1v) is 7.01. The molecule has 0 radical (unpaired) electrons. The van der Waals surface area contributed by atoms with E-state index < -0.39 is 0 Å². The molecule has 0 atom stereocenters. The normalized spacial score (nSPS) is 10.9. The summed E-state index contributed by atoms with van der Waals surface area (Å²) in [5.74, 6) is 0.706. The molecule has 0 bridgehead atoms. The number of aryl methyl sites for hydroxylation is 2. The van der Waals surface area contributed by atoms with Crippen LogP contribution < -0.4 is 10.2 Å². The lowest BCUT2D eigenvalue weighted by molar-refractivity contribution is 0.411. The highest BCUT2D eigenvalue weighted by molar-refractivity contribution is 7.09. The molecular weight excluding hydrogens is 274 g/mol. The number of methoxy groups -OCH3 is 1. The fourth-order valence-corrected chi connectivity index (χ4v) is 2.82. The van der Waals surface area contributed by atoms with Gasteiger partial charge in [-0.3, -0.25) is 4.79 Å². The first kappa shape index (κ1) is 12.9. The summed E-state index contributed by atoms with van der Waals surface area (Å²) in [6.45, 7) is 3.78. The monoisotopic (exact) mass is 287 g/mol. The van der Waals surface area contributed by atoms with Gasteiger partial charge in [-0.2, -0.15) is 0 Å². The largest absolute Gasteiger partial charge is 0.496 e. The Bertz CT molecular complexity index is 848. The average molecular weight is 287 g/mol. The van der Waals surface area contributed by atoms with Crippen LogP contribution in [-0.4, -0.2) is 12.1 Å². The van der Waals surface area contributed by atoms with Crippen molar-refractivity contribution in [3.8, 4) is 17.0 Å². The van der Waals surface area contributed by atoms with Gasteiger partial charge in [0.15, 0.2) is 0 Å². The predicted molar refractivity (Wildman–Crippen MR) is 79.6 cm³/mol. The van der Waals surface area contributed by atoms with Gasteiger partial charge in [-0.25, -0.2) is 4.98 Å². The van der Waals surface area contributed by atoms with Gasteiger partial charge in [-0.15, -0.1) is 11.3 Å². The van der Waals surface area contributed by atoms with Crippen LogP contribution in [0.5, 0.6) is 5.75 Å². The second-order valence-electron chi connectivity index (χ2n) is 4.50. The molecule has 0 aliphatic heterocycles. The summed E-state index contributed by atoms with van der Waals surface area (Å²) < 4.78 is 10.9. The zero-order valence-corrected chi connectivity index (χ0v) is 12.2. The van der Waals surface area contributed by atoms with Crippen molar-refractivity contribution in [1.29, 1.82) is 0 Å². The third kappa shape index (κ3) is 1.91. The maximum atomic E-state index is 12.6. The lowest BCUT2D eigenvalue weighted by Crippen LogP contribution is -2.06. The molecule has 5 heteroatoms. The van der Waals surface area contributed by atoms with Gasteiger partial charge >= 0.3 is 0 Å². The number of nitrogens with zero attached hydrogens (tertiary/aromatic N) is 1. The predicted octanol–water partition coefficient (Wildman–Crippen LogP) is 3.54. The number of fused-ring (bicyclic) bond motifs is 1. The van der Waals surface area contributed by atoms with E-state index >= 15 is 0 Å². The van der Waals surface area contributed by atoms with Crippen LogP contribution in [0.2, 0.25) is 0 Å². The zero-order chi connectivity index (χ0) is 14.3. The highest BCUT2D eigenvalue weighted by Gasteiger charge is 2.14. The van der Waals surface area contributed by atoms with E-state index in [2.05, 4.69) is 4.98 Å². The Morgan fingerprint density at radius 1 is 1.30 bits per heavy atom. The van der Waals surface area contributed by atoms with Crippen molar-refractivity contribution in [1.82, 2.24) is 4.98 Å². The van der Waals surface area contributed by atoms with Crippen LogP contribution in [0.4, 0.5) is 0 Å². The number of hydrogen-bond donors (Lipinski definition) is 0. The van der Waals surface area contributed by atoms with Crippen LogP contribution in [0.15, 0.2) is 33.0 Å². The van der Waals surface area contributed by atoms with E-state index in [-0.39, 0.29) is 5.43 Å². The van der Waals surface area contributed by atoms with Gasteiger partial charge in [0.25, 0.3) is 0 Å². The number of rotatable bonds is 2. The fraction of sp³-hybridized carbons (Fsp3) is 0.200. The van der Waals surface area contributed by atoms with E-state index in [0.717, 1.165) is 10.6 Å². The molecule has 2 aromatic heterocycles. The summed E-state index contributed by atoms with van der Waals surface area (Å²) in [6.07, 6.45) is 1.48. The molecule has 2 heterocycles. The molecule has 4 nitrogen and oxygen atoms in total. The second-order valence-corrected chi connectivity index (χ2v) is 5.56. The quantitative estimate of drug-likeness (QED) is 0.723. The number of hydrogen-bond acceptors (Lipinski definition) is 5. The van der Waals surface area contributed by atoms with Gasteiger partial charge in [0.05, 0.1) is 28.8 Å². The molecule has 0 amide bonds. The Balaban J connectivity index is 2.29. The molecule has 0 saturated carbocycles. The molecular formula is C15H13NO3S. The van der Waals surface area contributed by atoms with Crippen LogP contribution >= 0.6 is 11.3 Å². The maximum absolute atomic E-state index is 12.6. The van der Waals surface area contributed by atoms with Crippen molar-refractivity contribution in [3.63, 3.8) is 0 Å². The molecule has 0 saturated heterocycles. The van der Waals surface area contributed by atoms with Gasteiger partial charge < -0.3 is 9.15 Å². The van der Waals surface area contributed by atoms with Crippen LogP contribution in [0.3, 0.4) is 0 Å². The molecule has 20 heavy (non-hydrogen) atoms. The Kier molecular flexibility index (Phi) is 3.06. The number of aromatic nitrogens is 1. The summed E-state index contributed by atoms with van der Waals surface area (Å²) in [4.78, 5) is 16.9. The molecule has 3 aromatic rings. The van der Waals surface area contributed by atoms with E-state index in [1.54, 1.807) is 19.2 Å². The van der Waals surface area contributed by atoms with Gasteiger partial charge in [0, 0.05) is 10.9 Å². The molecule has 0 aliphatic carbocycles. The Morgan fingerprint density at radius 2 is 2.10 bits per heavy atom. The number of benzene rings is 1. The summed E-state index contributed by atoms with van der Waals surface area (Å²) in [6, 6.07) is 3.51. The van der Waals surface area contributed by atoms with Crippen molar-refractivity contribution in [2.45, 2.75) is 13.8 Å². The van der Waals surface area contributed by atoms with E-state index in [9.17, 15) is 4.79 Å².